The molecular weight excluding hydrogens is 394 g/mol. The number of furan rings is 1. The molecule has 0 spiro atoms. The number of nitrogens with zero attached hydrogens (tertiary/aromatic N) is 4. The van der Waals surface area contributed by atoms with Crippen molar-refractivity contribution in [2.24, 2.45) is 5.73 Å². The van der Waals surface area contributed by atoms with Gasteiger partial charge in [-0.05, 0) is 31.0 Å². The van der Waals surface area contributed by atoms with Gasteiger partial charge in [-0.15, -0.1) is 0 Å². The van der Waals surface area contributed by atoms with Crippen molar-refractivity contribution >= 4 is 22.8 Å². The molecule has 0 saturated carbocycles. The summed E-state index contributed by atoms with van der Waals surface area (Å²) in [4.78, 5) is 31.8. The van der Waals surface area contributed by atoms with Crippen LogP contribution in [0, 0.1) is 0 Å². The number of amides is 2. The number of likely N-dealkylation sites (tertiary alicyclic amines) is 1. The molecule has 31 heavy (non-hydrogen) atoms. The number of primary amides is 1. The predicted octanol–water partition coefficient (Wildman–Crippen LogP) is 2.83. The van der Waals surface area contributed by atoms with Gasteiger partial charge < -0.3 is 15.1 Å². The Morgan fingerprint density at radius 2 is 2.00 bits per heavy atom. The van der Waals surface area contributed by atoms with E-state index >= 15 is 0 Å². The van der Waals surface area contributed by atoms with Gasteiger partial charge in [-0.3, -0.25) is 9.59 Å². The first kappa shape index (κ1) is 19.0. The Bertz CT molecular complexity index is 1250. The van der Waals surface area contributed by atoms with Crippen LogP contribution in [0.3, 0.4) is 0 Å². The van der Waals surface area contributed by atoms with Gasteiger partial charge in [0.1, 0.15) is 18.3 Å². The molecule has 1 atom stereocenters. The van der Waals surface area contributed by atoms with Gasteiger partial charge in [-0.1, -0.05) is 30.3 Å². The van der Waals surface area contributed by atoms with Crippen LogP contribution in [0.1, 0.15) is 29.0 Å². The van der Waals surface area contributed by atoms with Crippen molar-refractivity contribution in [1.82, 2.24) is 19.7 Å². The summed E-state index contributed by atoms with van der Waals surface area (Å²) in [6.45, 7) is 0.889. The molecule has 3 aromatic heterocycles. The maximum atomic E-state index is 13.5. The number of aromatic nitrogens is 3. The van der Waals surface area contributed by atoms with Gasteiger partial charge >= 0.3 is 0 Å². The summed E-state index contributed by atoms with van der Waals surface area (Å²) in [5, 5.41) is 5.09. The maximum Gasteiger partial charge on any atom is 0.255 e. The molecule has 2 amide bonds. The van der Waals surface area contributed by atoms with Crippen molar-refractivity contribution in [2.45, 2.75) is 25.4 Å². The van der Waals surface area contributed by atoms with Crippen molar-refractivity contribution in [3.63, 3.8) is 0 Å². The van der Waals surface area contributed by atoms with Crippen LogP contribution in [-0.2, 0) is 11.3 Å². The molecule has 1 aliphatic rings. The zero-order chi connectivity index (χ0) is 21.4. The number of hydrogen-bond donors (Lipinski definition) is 1. The molecule has 1 unspecified atom stereocenters. The van der Waals surface area contributed by atoms with E-state index < -0.39 is 11.9 Å². The molecule has 0 radical (unpaired) electrons. The van der Waals surface area contributed by atoms with Crippen LogP contribution in [0.25, 0.3) is 22.3 Å². The molecule has 1 saturated heterocycles. The smallest absolute Gasteiger partial charge is 0.255 e. The van der Waals surface area contributed by atoms with Crippen LogP contribution in [0.2, 0.25) is 0 Å². The Hall–Kier alpha value is -3.94. The van der Waals surface area contributed by atoms with E-state index in [-0.39, 0.29) is 5.91 Å². The summed E-state index contributed by atoms with van der Waals surface area (Å²) in [5.74, 6) is 0.0227. The first-order valence-corrected chi connectivity index (χ1v) is 10.2. The highest BCUT2D eigenvalue weighted by atomic mass is 16.3. The summed E-state index contributed by atoms with van der Waals surface area (Å²) in [6, 6.07) is 14.5. The summed E-state index contributed by atoms with van der Waals surface area (Å²) in [6.07, 6.45) is 4.58. The molecule has 1 aliphatic heterocycles. The molecule has 1 fully saturated rings. The zero-order valence-electron chi connectivity index (χ0n) is 16.8. The van der Waals surface area contributed by atoms with Gasteiger partial charge in [0, 0.05) is 12.1 Å². The lowest BCUT2D eigenvalue weighted by molar-refractivity contribution is -0.121. The lowest BCUT2D eigenvalue weighted by atomic mass is 10.1. The minimum Gasteiger partial charge on any atom is -0.467 e. The van der Waals surface area contributed by atoms with Crippen LogP contribution >= 0.6 is 0 Å². The molecule has 8 nitrogen and oxygen atoms in total. The van der Waals surface area contributed by atoms with E-state index in [1.807, 2.05) is 42.5 Å². The third kappa shape index (κ3) is 3.46. The predicted molar refractivity (Wildman–Crippen MR) is 114 cm³/mol. The van der Waals surface area contributed by atoms with E-state index in [4.69, 9.17) is 15.1 Å². The third-order valence-corrected chi connectivity index (χ3v) is 5.64. The highest BCUT2D eigenvalue weighted by Gasteiger charge is 2.34. The van der Waals surface area contributed by atoms with Gasteiger partial charge in [0.15, 0.2) is 5.65 Å². The minimum atomic E-state index is -0.589. The number of rotatable bonds is 5. The van der Waals surface area contributed by atoms with Crippen molar-refractivity contribution in [3.8, 4) is 11.3 Å². The number of benzene rings is 1. The van der Waals surface area contributed by atoms with E-state index in [0.717, 1.165) is 17.7 Å². The fraction of sp³-hybridized carbons (Fsp3) is 0.217. The molecular formula is C23H21N5O3. The van der Waals surface area contributed by atoms with E-state index in [1.54, 1.807) is 28.1 Å². The SMILES string of the molecule is NC(=O)C1CCCN1C(=O)c1cc(-c2ccccc2)nc2c1cnn2Cc1ccco1. The highest BCUT2D eigenvalue weighted by molar-refractivity contribution is 6.07. The Kier molecular flexibility index (Phi) is 4.74. The maximum absolute atomic E-state index is 13.5. The molecule has 8 heteroatoms. The first-order valence-electron chi connectivity index (χ1n) is 10.2. The number of carbonyl (C=O) groups is 2. The second kappa shape index (κ2) is 7.71. The summed E-state index contributed by atoms with van der Waals surface area (Å²) >= 11 is 0. The van der Waals surface area contributed by atoms with Crippen LogP contribution in [0.5, 0.6) is 0 Å². The lowest BCUT2D eigenvalue weighted by Gasteiger charge is -2.22. The molecule has 4 heterocycles. The molecule has 1 aromatic carbocycles. The van der Waals surface area contributed by atoms with E-state index in [1.165, 1.54) is 0 Å². The summed E-state index contributed by atoms with van der Waals surface area (Å²) in [5.41, 5.74) is 8.13. The quantitative estimate of drug-likeness (QED) is 0.539. The van der Waals surface area contributed by atoms with Gasteiger partial charge in [-0.2, -0.15) is 5.10 Å². The molecule has 0 aliphatic carbocycles. The van der Waals surface area contributed by atoms with E-state index in [2.05, 4.69) is 5.10 Å². The average Bonchev–Trinajstić information content (AvgIpc) is 3.55. The van der Waals surface area contributed by atoms with Gasteiger partial charge in [0.25, 0.3) is 5.91 Å². The lowest BCUT2D eigenvalue weighted by Crippen LogP contribution is -2.43. The molecule has 156 valence electrons. The Labute approximate surface area is 178 Å². The van der Waals surface area contributed by atoms with Crippen LogP contribution in [-0.4, -0.2) is 44.1 Å². The minimum absolute atomic E-state index is 0.233. The van der Waals surface area contributed by atoms with E-state index in [0.29, 0.717) is 41.8 Å². The zero-order valence-corrected chi connectivity index (χ0v) is 16.8. The largest absolute Gasteiger partial charge is 0.467 e. The molecule has 4 aromatic rings. The average molecular weight is 415 g/mol. The Morgan fingerprint density at radius 3 is 2.74 bits per heavy atom. The standard InChI is InChI=1S/C23H21N5O3/c24-21(29)20-9-4-10-27(20)23(30)17-12-19(15-6-2-1-3-7-15)26-22-18(17)13-25-28(22)14-16-8-5-11-31-16/h1-3,5-8,11-13,20H,4,9-10,14H2,(H2,24,29). The van der Waals surface area contributed by atoms with Crippen LogP contribution in [0.4, 0.5) is 0 Å². The normalized spacial score (nSPS) is 16.1. The van der Waals surface area contributed by atoms with Gasteiger partial charge in [0.05, 0.1) is 29.1 Å². The van der Waals surface area contributed by atoms with E-state index in [9.17, 15) is 9.59 Å². The number of carbonyl (C=O) groups excluding carboxylic acids is 2. The van der Waals surface area contributed by atoms with Gasteiger partial charge in [-0.25, -0.2) is 9.67 Å². The van der Waals surface area contributed by atoms with Crippen molar-refractivity contribution in [2.75, 3.05) is 6.54 Å². The number of pyridine rings is 1. The third-order valence-electron chi connectivity index (χ3n) is 5.64. The Morgan fingerprint density at radius 1 is 1.16 bits per heavy atom. The summed E-state index contributed by atoms with van der Waals surface area (Å²) in [7, 11) is 0. The molecule has 0 bridgehead atoms. The monoisotopic (exact) mass is 415 g/mol. The number of fused-ring (bicyclic) bond motifs is 1. The number of nitrogens with two attached hydrogens (primary N) is 1. The van der Waals surface area contributed by atoms with Crippen molar-refractivity contribution in [3.05, 3.63) is 72.3 Å². The molecule has 2 N–H and O–H groups in total. The van der Waals surface area contributed by atoms with Gasteiger partial charge in [0.2, 0.25) is 5.91 Å². The highest BCUT2D eigenvalue weighted by Crippen LogP contribution is 2.28. The fourth-order valence-corrected chi connectivity index (χ4v) is 4.11. The van der Waals surface area contributed by atoms with Crippen LogP contribution in [0.15, 0.2) is 65.4 Å². The van der Waals surface area contributed by atoms with Crippen molar-refractivity contribution in [1.29, 1.82) is 0 Å². The molecule has 5 rings (SSSR count). The fourth-order valence-electron chi connectivity index (χ4n) is 4.11. The summed E-state index contributed by atoms with van der Waals surface area (Å²) < 4.78 is 7.17. The second-order valence-corrected chi connectivity index (χ2v) is 7.60. The van der Waals surface area contributed by atoms with Crippen molar-refractivity contribution < 1.29 is 14.0 Å². The number of hydrogen-bond acceptors (Lipinski definition) is 5. The Balaban J connectivity index is 1.65. The second-order valence-electron chi connectivity index (χ2n) is 7.60. The van der Waals surface area contributed by atoms with Crippen LogP contribution < -0.4 is 5.73 Å². The first-order chi connectivity index (χ1) is 15.1. The topological polar surface area (TPSA) is 107 Å².